The fraction of sp³-hybridized carbons (Fsp3) is 0.500. The molecule has 1 unspecified atom stereocenters. The Kier molecular flexibility index (Phi) is 4.70. The van der Waals surface area contributed by atoms with Gasteiger partial charge in [-0.1, -0.05) is 0 Å². The molecule has 0 fully saturated rings. The number of carbonyl (C=O) groups excluding carboxylic acids is 1. The highest BCUT2D eigenvalue weighted by atomic mass is 32.2. The summed E-state index contributed by atoms with van der Waals surface area (Å²) in [4.78, 5) is 15.3. The molecule has 0 aliphatic rings. The molecule has 1 rings (SSSR count). The summed E-state index contributed by atoms with van der Waals surface area (Å²) in [6.07, 6.45) is 2.34. The Morgan fingerprint density at radius 3 is 3.00 bits per heavy atom. The van der Waals surface area contributed by atoms with Gasteiger partial charge in [0.15, 0.2) is 5.13 Å². The van der Waals surface area contributed by atoms with Gasteiger partial charge in [-0.3, -0.25) is 9.00 Å². The molecule has 1 atom stereocenters. The van der Waals surface area contributed by atoms with Crippen LogP contribution in [-0.2, 0) is 10.8 Å². The number of carbonyl (C=O) groups is 1. The van der Waals surface area contributed by atoms with Crippen molar-refractivity contribution in [3.05, 3.63) is 11.1 Å². The first kappa shape index (κ1) is 12.1. The van der Waals surface area contributed by atoms with Crippen molar-refractivity contribution in [2.24, 2.45) is 0 Å². The molecule has 1 aromatic rings. The van der Waals surface area contributed by atoms with Crippen LogP contribution >= 0.6 is 11.3 Å². The van der Waals surface area contributed by atoms with Gasteiger partial charge in [-0.15, -0.1) is 11.3 Å². The van der Waals surface area contributed by atoms with Gasteiger partial charge in [-0.2, -0.15) is 0 Å². The third-order valence-electron chi connectivity index (χ3n) is 1.65. The second-order valence-electron chi connectivity index (χ2n) is 2.96. The number of nitrogen functional groups attached to an aromatic ring is 1. The Morgan fingerprint density at radius 1 is 1.73 bits per heavy atom. The second kappa shape index (κ2) is 5.82. The van der Waals surface area contributed by atoms with Crippen LogP contribution in [0.2, 0.25) is 0 Å². The van der Waals surface area contributed by atoms with E-state index in [9.17, 15) is 9.00 Å². The predicted molar refractivity (Wildman–Crippen MR) is 62.4 cm³/mol. The summed E-state index contributed by atoms with van der Waals surface area (Å²) in [5.41, 5.74) is 5.74. The first-order chi connectivity index (χ1) is 7.09. The highest BCUT2D eigenvalue weighted by Gasteiger charge is 2.08. The average Bonchev–Trinajstić information content (AvgIpc) is 2.59. The molecule has 15 heavy (non-hydrogen) atoms. The third-order valence-corrected chi connectivity index (χ3v) is 3.19. The molecule has 3 N–H and O–H groups in total. The summed E-state index contributed by atoms with van der Waals surface area (Å²) < 4.78 is 10.7. The van der Waals surface area contributed by atoms with Crippen molar-refractivity contribution in [3.63, 3.8) is 0 Å². The number of nitrogens with one attached hydrogen (secondary N) is 1. The van der Waals surface area contributed by atoms with Crippen LogP contribution in [0.25, 0.3) is 0 Å². The minimum atomic E-state index is -0.806. The summed E-state index contributed by atoms with van der Waals surface area (Å²) in [5.74, 6) is 0.365. The van der Waals surface area contributed by atoms with E-state index in [1.807, 2.05) is 0 Å². The summed E-state index contributed by atoms with van der Waals surface area (Å²) in [6.45, 7) is 0.510. The van der Waals surface area contributed by atoms with Crippen LogP contribution in [0.5, 0.6) is 0 Å². The molecule has 84 valence electrons. The molecule has 0 saturated carbocycles. The highest BCUT2D eigenvalue weighted by molar-refractivity contribution is 7.84. The minimum absolute atomic E-state index is 0.232. The first-order valence-corrected chi connectivity index (χ1v) is 6.99. The first-order valence-electron chi connectivity index (χ1n) is 4.39. The van der Waals surface area contributed by atoms with Crippen LogP contribution in [-0.4, -0.2) is 33.7 Å². The molecule has 0 spiro atoms. The van der Waals surface area contributed by atoms with E-state index in [4.69, 9.17) is 5.73 Å². The summed E-state index contributed by atoms with van der Waals surface area (Å²) in [7, 11) is -0.806. The maximum atomic E-state index is 11.4. The van der Waals surface area contributed by atoms with E-state index in [2.05, 4.69) is 10.3 Å². The quantitative estimate of drug-likeness (QED) is 0.729. The molecule has 1 heterocycles. The molecular formula is C8H13N3O2S2. The van der Waals surface area contributed by atoms with Crippen LogP contribution in [0.4, 0.5) is 5.13 Å². The molecule has 7 heteroatoms. The second-order valence-corrected chi connectivity index (χ2v) is 5.40. The van der Waals surface area contributed by atoms with Gasteiger partial charge in [-0.25, -0.2) is 4.98 Å². The van der Waals surface area contributed by atoms with E-state index in [0.717, 1.165) is 0 Å². The normalized spacial score (nSPS) is 12.3. The number of anilines is 1. The molecule has 0 aliphatic heterocycles. The van der Waals surface area contributed by atoms with Gasteiger partial charge in [-0.05, 0) is 6.42 Å². The molecule has 0 bridgehead atoms. The highest BCUT2D eigenvalue weighted by Crippen LogP contribution is 2.10. The Bertz CT molecular complexity index is 365. The number of hydrogen-bond donors (Lipinski definition) is 2. The molecule has 0 aliphatic carbocycles. The standard InChI is InChI=1S/C8H13N3O2S2/c1-15(13)4-2-3-10-7(12)6-5-14-8(9)11-6/h5H,2-4H2,1H3,(H2,9,11)(H,10,12). The minimum Gasteiger partial charge on any atom is -0.375 e. The number of hydrogen-bond acceptors (Lipinski definition) is 5. The Balaban J connectivity index is 2.28. The van der Waals surface area contributed by atoms with Gasteiger partial charge < -0.3 is 11.1 Å². The number of thiazole rings is 1. The van der Waals surface area contributed by atoms with Crippen molar-refractivity contribution in [2.75, 3.05) is 24.3 Å². The van der Waals surface area contributed by atoms with Crippen LogP contribution < -0.4 is 11.1 Å². The molecular weight excluding hydrogens is 234 g/mol. The molecule has 1 aromatic heterocycles. The van der Waals surface area contributed by atoms with Crippen LogP contribution in [0.15, 0.2) is 5.38 Å². The molecule has 0 saturated heterocycles. The van der Waals surface area contributed by atoms with Crippen LogP contribution in [0.3, 0.4) is 0 Å². The van der Waals surface area contributed by atoms with Crippen molar-refractivity contribution in [1.82, 2.24) is 10.3 Å². The predicted octanol–water partition coefficient (Wildman–Crippen LogP) is 0.224. The summed E-state index contributed by atoms with van der Waals surface area (Å²) in [5, 5.41) is 4.68. The van der Waals surface area contributed by atoms with Crippen molar-refractivity contribution in [3.8, 4) is 0 Å². The number of amides is 1. The van der Waals surface area contributed by atoms with Gasteiger partial charge in [0.25, 0.3) is 5.91 Å². The summed E-state index contributed by atoms with van der Waals surface area (Å²) in [6, 6.07) is 0. The number of rotatable bonds is 5. The number of nitrogens with two attached hydrogens (primary N) is 1. The molecule has 0 aromatic carbocycles. The van der Waals surface area contributed by atoms with E-state index < -0.39 is 10.8 Å². The average molecular weight is 247 g/mol. The molecule has 0 radical (unpaired) electrons. The lowest BCUT2D eigenvalue weighted by Gasteiger charge is -2.01. The lowest BCUT2D eigenvalue weighted by atomic mass is 10.4. The molecule has 1 amide bonds. The fourth-order valence-corrected chi connectivity index (χ4v) is 2.05. The zero-order valence-corrected chi connectivity index (χ0v) is 9.99. The van der Waals surface area contributed by atoms with E-state index in [1.165, 1.54) is 11.3 Å². The van der Waals surface area contributed by atoms with E-state index in [1.54, 1.807) is 11.6 Å². The fourth-order valence-electron chi connectivity index (χ4n) is 0.960. The summed E-state index contributed by atoms with van der Waals surface area (Å²) >= 11 is 1.23. The lowest BCUT2D eigenvalue weighted by molar-refractivity contribution is 0.0949. The largest absolute Gasteiger partial charge is 0.375 e. The Labute approximate surface area is 94.5 Å². The van der Waals surface area contributed by atoms with E-state index >= 15 is 0 Å². The van der Waals surface area contributed by atoms with Gasteiger partial charge in [0.2, 0.25) is 0 Å². The van der Waals surface area contributed by atoms with E-state index in [0.29, 0.717) is 29.5 Å². The van der Waals surface area contributed by atoms with E-state index in [-0.39, 0.29) is 5.91 Å². The monoisotopic (exact) mass is 247 g/mol. The van der Waals surface area contributed by atoms with Gasteiger partial charge in [0.1, 0.15) is 5.69 Å². The zero-order chi connectivity index (χ0) is 11.3. The molecule has 5 nitrogen and oxygen atoms in total. The van der Waals surface area contributed by atoms with Gasteiger partial charge in [0.05, 0.1) is 0 Å². The third kappa shape index (κ3) is 4.39. The Morgan fingerprint density at radius 2 is 2.47 bits per heavy atom. The maximum absolute atomic E-state index is 11.4. The number of aromatic nitrogens is 1. The van der Waals surface area contributed by atoms with Crippen LogP contribution in [0, 0.1) is 0 Å². The Hall–Kier alpha value is -0.950. The van der Waals surface area contributed by atoms with Crippen molar-refractivity contribution in [1.29, 1.82) is 0 Å². The van der Waals surface area contributed by atoms with Crippen molar-refractivity contribution >= 4 is 33.2 Å². The maximum Gasteiger partial charge on any atom is 0.270 e. The SMILES string of the molecule is CS(=O)CCCNC(=O)c1csc(N)n1. The van der Waals surface area contributed by atoms with Crippen molar-refractivity contribution < 1.29 is 9.00 Å². The van der Waals surface area contributed by atoms with Gasteiger partial charge >= 0.3 is 0 Å². The lowest BCUT2D eigenvalue weighted by Crippen LogP contribution is -2.25. The smallest absolute Gasteiger partial charge is 0.270 e. The zero-order valence-electron chi connectivity index (χ0n) is 8.36. The van der Waals surface area contributed by atoms with Gasteiger partial charge in [0, 0.05) is 34.7 Å². The van der Waals surface area contributed by atoms with Crippen molar-refractivity contribution in [2.45, 2.75) is 6.42 Å². The van der Waals surface area contributed by atoms with Crippen LogP contribution in [0.1, 0.15) is 16.9 Å². The number of nitrogens with zero attached hydrogens (tertiary/aromatic N) is 1. The topological polar surface area (TPSA) is 85.1 Å².